The second kappa shape index (κ2) is 13.8. The molecule has 2 N–H and O–H groups in total. The Labute approximate surface area is 276 Å². The lowest BCUT2D eigenvalue weighted by atomic mass is 10.0. The van der Waals surface area contributed by atoms with Gasteiger partial charge in [0, 0.05) is 35.6 Å². The number of fused-ring (bicyclic) bond motifs is 1. The zero-order chi connectivity index (χ0) is 33.8. The normalized spacial score (nSPS) is 12.8. The monoisotopic (exact) mass is 673 g/mol. The van der Waals surface area contributed by atoms with E-state index < -0.39 is 21.8 Å². The number of hydrogen-bond donors (Lipinski definition) is 2. The number of carbonyl (C=O) groups is 1. The third-order valence-electron chi connectivity index (χ3n) is 7.34. The van der Waals surface area contributed by atoms with Crippen molar-refractivity contribution in [3.8, 4) is 34.5 Å². The Morgan fingerprint density at radius 2 is 1.75 bits per heavy atom. The molecular weight excluding hydrogens is 641 g/mol. The van der Waals surface area contributed by atoms with E-state index in [1.165, 1.54) is 50.7 Å². The maximum absolute atomic E-state index is 13.6. The minimum atomic E-state index is -4.01. The van der Waals surface area contributed by atoms with E-state index in [-0.39, 0.29) is 46.4 Å². The van der Waals surface area contributed by atoms with Crippen LogP contribution in [0.3, 0.4) is 0 Å². The van der Waals surface area contributed by atoms with Crippen molar-refractivity contribution in [1.82, 2.24) is 19.7 Å². The smallest absolute Gasteiger partial charge is 0.338 e. The summed E-state index contributed by atoms with van der Waals surface area (Å²) in [6.45, 7) is 2.09. The number of pyridine rings is 1. The van der Waals surface area contributed by atoms with Crippen LogP contribution in [0.25, 0.3) is 22.0 Å². The summed E-state index contributed by atoms with van der Waals surface area (Å²) in [6.07, 6.45) is 4.96. The standard InChI is InChI=1S/C34H32FN5O7S/c1-4-13-46-33(41)21-14-24(17-26(15-21)47-25-10-6-22(35)7-11-25)38-31-27-12-5-20(28-18-37-34(45-3)39-32(28)44-2)16-29(27)36-19-30(31)48(42,43)40-23-8-9-23/h5-7,10-12,14-19,23,40H,4,8-9,13H2,1-3H3,(H,36,38). The zero-order valence-electron chi connectivity index (χ0n) is 26.3. The van der Waals surface area contributed by atoms with Crippen molar-refractivity contribution in [1.29, 1.82) is 0 Å². The number of benzene rings is 3. The molecule has 248 valence electrons. The fourth-order valence-electron chi connectivity index (χ4n) is 4.87. The first kappa shape index (κ1) is 32.6. The number of esters is 1. The Kier molecular flexibility index (Phi) is 9.37. The summed E-state index contributed by atoms with van der Waals surface area (Å²) in [5.41, 5.74) is 2.43. The van der Waals surface area contributed by atoms with E-state index in [4.69, 9.17) is 18.9 Å². The lowest BCUT2D eigenvalue weighted by molar-refractivity contribution is 0.0504. The van der Waals surface area contributed by atoms with Crippen LogP contribution in [0, 0.1) is 5.82 Å². The summed E-state index contributed by atoms with van der Waals surface area (Å²) >= 11 is 0. The van der Waals surface area contributed by atoms with E-state index >= 15 is 0 Å². The van der Waals surface area contributed by atoms with Crippen LogP contribution >= 0.6 is 0 Å². The third-order valence-corrected chi connectivity index (χ3v) is 8.87. The molecule has 1 fully saturated rings. The number of aromatic nitrogens is 3. The Bertz CT molecular complexity index is 2090. The predicted molar refractivity (Wildman–Crippen MR) is 176 cm³/mol. The van der Waals surface area contributed by atoms with E-state index in [1.807, 2.05) is 6.92 Å². The first-order valence-corrected chi connectivity index (χ1v) is 16.6. The molecule has 48 heavy (non-hydrogen) atoms. The van der Waals surface area contributed by atoms with Crippen LogP contribution in [0.2, 0.25) is 0 Å². The van der Waals surface area contributed by atoms with Crippen molar-refractivity contribution in [3.05, 3.63) is 84.4 Å². The second-order valence-corrected chi connectivity index (χ2v) is 12.6. The highest BCUT2D eigenvalue weighted by molar-refractivity contribution is 7.89. The lowest BCUT2D eigenvalue weighted by Crippen LogP contribution is -2.26. The van der Waals surface area contributed by atoms with E-state index in [0.717, 1.165) is 12.8 Å². The number of sulfonamides is 1. The fourth-order valence-corrected chi connectivity index (χ4v) is 6.29. The highest BCUT2D eigenvalue weighted by Crippen LogP contribution is 2.38. The van der Waals surface area contributed by atoms with Gasteiger partial charge >= 0.3 is 12.0 Å². The SMILES string of the molecule is CCCOC(=O)c1cc(Nc2c(S(=O)(=O)NC3CC3)cnc3cc(-c4cnc(OC)nc4OC)ccc23)cc(Oc2ccc(F)cc2)c1. The fraction of sp³-hybridized carbons (Fsp3) is 0.235. The van der Waals surface area contributed by atoms with E-state index in [1.54, 1.807) is 36.5 Å². The number of hydrogen-bond acceptors (Lipinski definition) is 11. The van der Waals surface area contributed by atoms with Crippen LogP contribution in [0.15, 0.2) is 78.0 Å². The van der Waals surface area contributed by atoms with Crippen molar-refractivity contribution >= 4 is 38.3 Å². The molecule has 1 saturated carbocycles. The molecule has 0 spiro atoms. The maximum atomic E-state index is 13.6. The average Bonchev–Trinajstić information content (AvgIpc) is 3.90. The highest BCUT2D eigenvalue weighted by Gasteiger charge is 2.31. The van der Waals surface area contributed by atoms with E-state index in [2.05, 4.69) is 25.0 Å². The Morgan fingerprint density at radius 3 is 2.46 bits per heavy atom. The van der Waals surface area contributed by atoms with Gasteiger partial charge in [-0.2, -0.15) is 4.98 Å². The molecule has 0 saturated heterocycles. The summed E-state index contributed by atoms with van der Waals surface area (Å²) in [5, 5.41) is 3.70. The van der Waals surface area contributed by atoms with Crippen molar-refractivity contribution in [2.24, 2.45) is 0 Å². The first-order valence-electron chi connectivity index (χ1n) is 15.1. The van der Waals surface area contributed by atoms with Crippen LogP contribution in [-0.4, -0.2) is 56.2 Å². The number of ether oxygens (including phenoxy) is 4. The second-order valence-electron chi connectivity index (χ2n) is 11.0. The number of nitrogens with zero attached hydrogens (tertiary/aromatic N) is 3. The van der Waals surface area contributed by atoms with Crippen molar-refractivity contribution in [3.63, 3.8) is 0 Å². The molecule has 14 heteroatoms. The van der Waals surface area contributed by atoms with Gasteiger partial charge < -0.3 is 24.3 Å². The number of carbonyl (C=O) groups excluding carboxylic acids is 1. The molecule has 6 rings (SSSR count). The molecule has 1 aliphatic carbocycles. The molecule has 3 aromatic carbocycles. The van der Waals surface area contributed by atoms with Crippen LogP contribution in [0.1, 0.15) is 36.5 Å². The number of halogens is 1. The van der Waals surface area contributed by atoms with Gasteiger partial charge in [0.25, 0.3) is 0 Å². The molecule has 12 nitrogen and oxygen atoms in total. The molecule has 0 radical (unpaired) electrons. The van der Waals surface area contributed by atoms with Gasteiger partial charge in [-0.3, -0.25) is 4.98 Å². The highest BCUT2D eigenvalue weighted by atomic mass is 32.2. The molecule has 2 heterocycles. The lowest BCUT2D eigenvalue weighted by Gasteiger charge is -2.18. The van der Waals surface area contributed by atoms with Gasteiger partial charge in [0.1, 0.15) is 22.2 Å². The third kappa shape index (κ3) is 7.29. The number of rotatable bonds is 13. The van der Waals surface area contributed by atoms with Crippen LogP contribution < -0.4 is 24.2 Å². The van der Waals surface area contributed by atoms with Crippen LogP contribution in [-0.2, 0) is 14.8 Å². The molecular formula is C34H32FN5O7S. The first-order chi connectivity index (χ1) is 23.2. The molecule has 0 amide bonds. The number of nitrogens with one attached hydrogen (secondary N) is 2. The van der Waals surface area contributed by atoms with E-state index in [9.17, 15) is 17.6 Å². The van der Waals surface area contributed by atoms with Gasteiger partial charge in [0.05, 0.1) is 43.2 Å². The summed E-state index contributed by atoms with van der Waals surface area (Å²) in [6, 6.07) is 15.3. The molecule has 2 aromatic heterocycles. The largest absolute Gasteiger partial charge is 0.480 e. The summed E-state index contributed by atoms with van der Waals surface area (Å²) in [7, 11) is -1.07. The van der Waals surface area contributed by atoms with Crippen molar-refractivity contribution < 1.29 is 36.6 Å². The molecule has 0 aliphatic heterocycles. The van der Waals surface area contributed by atoms with Gasteiger partial charge in [-0.15, -0.1) is 0 Å². The number of methoxy groups -OCH3 is 2. The van der Waals surface area contributed by atoms with Crippen LogP contribution in [0.5, 0.6) is 23.4 Å². The predicted octanol–water partition coefficient (Wildman–Crippen LogP) is 6.39. The molecule has 5 aromatic rings. The molecule has 0 atom stereocenters. The molecule has 0 unspecified atom stereocenters. The van der Waals surface area contributed by atoms with Crippen molar-refractivity contribution in [2.75, 3.05) is 26.1 Å². The Morgan fingerprint density at radius 1 is 0.958 bits per heavy atom. The van der Waals surface area contributed by atoms with Crippen LogP contribution in [0.4, 0.5) is 15.8 Å². The molecule has 0 bridgehead atoms. The minimum absolute atomic E-state index is 0.0834. The van der Waals surface area contributed by atoms with Crippen molar-refractivity contribution in [2.45, 2.75) is 37.1 Å². The quantitative estimate of drug-likeness (QED) is 0.134. The van der Waals surface area contributed by atoms with Gasteiger partial charge in [0.15, 0.2) is 0 Å². The van der Waals surface area contributed by atoms with Gasteiger partial charge in [-0.1, -0.05) is 19.1 Å². The minimum Gasteiger partial charge on any atom is -0.480 e. The zero-order valence-corrected chi connectivity index (χ0v) is 27.1. The maximum Gasteiger partial charge on any atom is 0.338 e. The topological polar surface area (TPSA) is 151 Å². The average molecular weight is 674 g/mol. The van der Waals surface area contributed by atoms with Gasteiger partial charge in [0.2, 0.25) is 15.9 Å². The summed E-state index contributed by atoms with van der Waals surface area (Å²) in [4.78, 5) is 25.9. The summed E-state index contributed by atoms with van der Waals surface area (Å²) in [5.74, 6) is -0.165. The summed E-state index contributed by atoms with van der Waals surface area (Å²) < 4.78 is 65.5. The number of anilines is 2. The Hall–Kier alpha value is -5.34. The van der Waals surface area contributed by atoms with E-state index in [0.29, 0.717) is 39.9 Å². The van der Waals surface area contributed by atoms with Gasteiger partial charge in [-0.25, -0.2) is 27.3 Å². The Balaban J connectivity index is 1.46. The molecule has 1 aliphatic rings. The van der Waals surface area contributed by atoms with Gasteiger partial charge in [-0.05, 0) is 67.3 Å².